The number of methoxy groups -OCH3 is 1. The third kappa shape index (κ3) is 5.59. The highest BCUT2D eigenvalue weighted by molar-refractivity contribution is 7.15. The first-order valence-electron chi connectivity index (χ1n) is 14.0. The molecule has 3 aromatic rings. The SMILES string of the molecule is CO[C@@H]1CCN(c2nc3c(s2)CCN(CCC2CCC(CC(=O)c4cccc5ncccc45)CC2)C3)C1. The van der Waals surface area contributed by atoms with Gasteiger partial charge in [-0.05, 0) is 62.6 Å². The van der Waals surface area contributed by atoms with E-state index in [-0.39, 0.29) is 5.78 Å². The Labute approximate surface area is 224 Å². The average molecular weight is 519 g/mol. The summed E-state index contributed by atoms with van der Waals surface area (Å²) >= 11 is 1.90. The summed E-state index contributed by atoms with van der Waals surface area (Å²) in [5.74, 6) is 1.58. The highest BCUT2D eigenvalue weighted by Crippen LogP contribution is 2.36. The van der Waals surface area contributed by atoms with Gasteiger partial charge in [0.2, 0.25) is 0 Å². The average Bonchev–Trinajstić information content (AvgIpc) is 3.59. The molecule has 1 atom stereocenters. The van der Waals surface area contributed by atoms with Gasteiger partial charge in [0, 0.05) is 61.7 Å². The lowest BCUT2D eigenvalue weighted by molar-refractivity contribution is 0.0941. The number of carbonyl (C=O) groups excluding carboxylic acids is 1. The van der Waals surface area contributed by atoms with E-state index >= 15 is 0 Å². The molecule has 6 nitrogen and oxygen atoms in total. The predicted molar refractivity (Wildman–Crippen MR) is 149 cm³/mol. The Morgan fingerprint density at radius 1 is 1.08 bits per heavy atom. The van der Waals surface area contributed by atoms with Crippen molar-refractivity contribution < 1.29 is 9.53 Å². The number of ketones is 1. The fourth-order valence-corrected chi connectivity index (χ4v) is 7.56. The van der Waals surface area contributed by atoms with Crippen LogP contribution in [0.25, 0.3) is 10.9 Å². The first kappa shape index (κ1) is 25.0. The lowest BCUT2D eigenvalue weighted by Gasteiger charge is -2.31. The van der Waals surface area contributed by atoms with E-state index in [1.807, 2.05) is 48.8 Å². The van der Waals surface area contributed by atoms with Crippen molar-refractivity contribution in [2.45, 2.75) is 64.0 Å². The van der Waals surface area contributed by atoms with Crippen molar-refractivity contribution >= 4 is 33.2 Å². The third-order valence-electron chi connectivity index (χ3n) is 8.78. The molecule has 2 fully saturated rings. The van der Waals surface area contributed by atoms with Crippen LogP contribution in [0.4, 0.5) is 5.13 Å². The van der Waals surface area contributed by atoms with Crippen molar-refractivity contribution in [2.24, 2.45) is 11.8 Å². The number of pyridine rings is 1. The molecule has 4 heterocycles. The highest BCUT2D eigenvalue weighted by Gasteiger charge is 2.29. The Kier molecular flexibility index (Phi) is 7.54. The molecule has 0 bridgehead atoms. The molecule has 0 radical (unpaired) electrons. The number of ether oxygens (including phenoxy) is 1. The number of anilines is 1. The second-order valence-corrected chi connectivity index (χ2v) is 12.2. The highest BCUT2D eigenvalue weighted by atomic mass is 32.1. The molecule has 2 aliphatic heterocycles. The molecular formula is C30H38N4O2S. The molecule has 3 aliphatic rings. The van der Waals surface area contributed by atoms with Crippen LogP contribution in [0.5, 0.6) is 0 Å². The predicted octanol–water partition coefficient (Wildman–Crippen LogP) is 5.74. The number of benzene rings is 1. The van der Waals surface area contributed by atoms with Crippen LogP contribution in [0.3, 0.4) is 0 Å². The van der Waals surface area contributed by atoms with Gasteiger partial charge in [0.25, 0.3) is 0 Å². The van der Waals surface area contributed by atoms with Crippen LogP contribution in [0.15, 0.2) is 36.5 Å². The molecular weight excluding hydrogens is 480 g/mol. The summed E-state index contributed by atoms with van der Waals surface area (Å²) in [4.78, 5) is 29.1. The maximum Gasteiger partial charge on any atom is 0.185 e. The standard InChI is InChI=1S/C30H38N4O2S/c1-36-23-12-17-34(19-23)30-32-27-20-33(16-13-29(27)37-30)15-11-21-7-9-22(10-8-21)18-28(35)25-4-2-6-26-24(25)5-3-14-31-26/h2-6,14,21-23H,7-13,15-20H2,1H3/t21?,22?,23-/m1/s1. The number of hydrogen-bond donors (Lipinski definition) is 0. The molecule has 7 heteroatoms. The zero-order valence-corrected chi connectivity index (χ0v) is 22.7. The van der Waals surface area contributed by atoms with E-state index in [0.717, 1.165) is 61.4 Å². The lowest BCUT2D eigenvalue weighted by atomic mass is 9.78. The number of Topliss-reactive ketones (excluding diaryl/α,β-unsaturated/α-hetero) is 1. The monoisotopic (exact) mass is 518 g/mol. The molecule has 1 aliphatic carbocycles. The largest absolute Gasteiger partial charge is 0.380 e. The number of nitrogens with zero attached hydrogens (tertiary/aromatic N) is 4. The minimum atomic E-state index is 0.278. The lowest BCUT2D eigenvalue weighted by Crippen LogP contribution is -2.32. The van der Waals surface area contributed by atoms with E-state index < -0.39 is 0 Å². The molecule has 0 N–H and O–H groups in total. The van der Waals surface area contributed by atoms with Gasteiger partial charge in [-0.25, -0.2) is 4.98 Å². The number of thiazole rings is 1. The number of fused-ring (bicyclic) bond motifs is 2. The van der Waals surface area contributed by atoms with Crippen molar-refractivity contribution in [3.8, 4) is 0 Å². The molecule has 1 saturated carbocycles. The van der Waals surface area contributed by atoms with Gasteiger partial charge in [-0.3, -0.25) is 14.7 Å². The first-order valence-corrected chi connectivity index (χ1v) is 14.8. The second kappa shape index (κ2) is 11.2. The first-order chi connectivity index (χ1) is 18.2. The van der Waals surface area contributed by atoms with Gasteiger partial charge in [0.1, 0.15) is 0 Å². The summed E-state index contributed by atoms with van der Waals surface area (Å²) in [6.07, 6.45) is 11.2. The van der Waals surface area contributed by atoms with Crippen LogP contribution in [0, 0.1) is 11.8 Å². The van der Waals surface area contributed by atoms with Gasteiger partial charge in [-0.2, -0.15) is 0 Å². The zero-order valence-electron chi connectivity index (χ0n) is 21.9. The molecule has 196 valence electrons. The Balaban J connectivity index is 0.959. The van der Waals surface area contributed by atoms with E-state index in [0.29, 0.717) is 18.4 Å². The van der Waals surface area contributed by atoms with Crippen molar-refractivity contribution in [1.29, 1.82) is 0 Å². The number of hydrogen-bond acceptors (Lipinski definition) is 7. The number of aromatic nitrogens is 2. The normalized spacial score (nSPS) is 24.5. The Morgan fingerprint density at radius 2 is 1.95 bits per heavy atom. The van der Waals surface area contributed by atoms with Crippen molar-refractivity contribution in [1.82, 2.24) is 14.9 Å². The van der Waals surface area contributed by atoms with Gasteiger partial charge >= 0.3 is 0 Å². The van der Waals surface area contributed by atoms with Gasteiger partial charge in [0.15, 0.2) is 10.9 Å². The summed E-state index contributed by atoms with van der Waals surface area (Å²) in [6, 6.07) is 9.85. The van der Waals surface area contributed by atoms with Gasteiger partial charge in [0.05, 0.1) is 17.3 Å². The maximum absolute atomic E-state index is 13.1. The van der Waals surface area contributed by atoms with E-state index in [4.69, 9.17) is 9.72 Å². The molecule has 6 rings (SSSR count). The van der Waals surface area contributed by atoms with Crippen LogP contribution in [-0.4, -0.2) is 60.0 Å². The summed E-state index contributed by atoms with van der Waals surface area (Å²) in [7, 11) is 1.81. The molecule has 2 aromatic heterocycles. The number of rotatable bonds is 8. The van der Waals surface area contributed by atoms with Gasteiger partial charge < -0.3 is 9.64 Å². The minimum Gasteiger partial charge on any atom is -0.380 e. The van der Waals surface area contributed by atoms with Crippen LogP contribution in [-0.2, 0) is 17.7 Å². The van der Waals surface area contributed by atoms with Gasteiger partial charge in [-0.1, -0.05) is 31.0 Å². The Bertz CT molecular complexity index is 1230. The van der Waals surface area contributed by atoms with E-state index in [9.17, 15) is 4.79 Å². The van der Waals surface area contributed by atoms with Crippen molar-refractivity contribution in [3.05, 3.63) is 52.7 Å². The molecule has 37 heavy (non-hydrogen) atoms. The molecule has 0 amide bonds. The van der Waals surface area contributed by atoms with Crippen LogP contribution in [0.2, 0.25) is 0 Å². The Morgan fingerprint density at radius 3 is 2.78 bits per heavy atom. The molecule has 0 spiro atoms. The second-order valence-electron chi connectivity index (χ2n) is 11.2. The summed E-state index contributed by atoms with van der Waals surface area (Å²) in [5, 5.41) is 2.18. The third-order valence-corrected chi connectivity index (χ3v) is 10.0. The summed E-state index contributed by atoms with van der Waals surface area (Å²) in [6.45, 7) is 5.34. The molecule has 0 unspecified atom stereocenters. The van der Waals surface area contributed by atoms with Crippen molar-refractivity contribution in [3.63, 3.8) is 0 Å². The topological polar surface area (TPSA) is 58.6 Å². The Hall–Kier alpha value is -2.35. The molecule has 1 aromatic carbocycles. The fourth-order valence-electron chi connectivity index (χ4n) is 6.47. The minimum absolute atomic E-state index is 0.278. The van der Waals surface area contributed by atoms with Crippen LogP contribution >= 0.6 is 11.3 Å². The van der Waals surface area contributed by atoms with Crippen molar-refractivity contribution in [2.75, 3.05) is 38.2 Å². The van der Waals surface area contributed by atoms with E-state index in [2.05, 4.69) is 14.8 Å². The number of carbonyl (C=O) groups is 1. The van der Waals surface area contributed by atoms with Crippen LogP contribution < -0.4 is 4.90 Å². The van der Waals surface area contributed by atoms with Crippen LogP contribution in [0.1, 0.15) is 65.9 Å². The summed E-state index contributed by atoms with van der Waals surface area (Å²) < 4.78 is 5.54. The van der Waals surface area contributed by atoms with E-state index in [1.165, 1.54) is 54.4 Å². The smallest absolute Gasteiger partial charge is 0.185 e. The summed E-state index contributed by atoms with van der Waals surface area (Å²) in [5.41, 5.74) is 3.05. The van der Waals surface area contributed by atoms with Gasteiger partial charge in [-0.15, -0.1) is 11.3 Å². The molecule has 1 saturated heterocycles. The quantitative estimate of drug-likeness (QED) is 0.354. The maximum atomic E-state index is 13.1. The zero-order chi connectivity index (χ0) is 25.2. The fraction of sp³-hybridized carbons (Fsp3) is 0.567. The van der Waals surface area contributed by atoms with E-state index in [1.54, 1.807) is 6.20 Å².